The molecule has 2 N–H and O–H groups in total. The van der Waals surface area contributed by atoms with Crippen molar-refractivity contribution in [3.05, 3.63) is 84.4 Å². The standard InChI is InChI=1S/C24H18N4O3S/c25-15-16-9-11-19(12-10-16)28-22(29)14-21(23(28)30)32-20-8-4-7-18(13-20)27-24(31)26-17-5-2-1-3-6-17/h1-13,21H,14H2,(H2,26,27,31)/t21-/m1/s1. The number of thioether (sulfide) groups is 1. The average molecular weight is 443 g/mol. The molecule has 1 aliphatic heterocycles. The average Bonchev–Trinajstić information content (AvgIpc) is 3.07. The Morgan fingerprint density at radius 3 is 2.34 bits per heavy atom. The van der Waals surface area contributed by atoms with Gasteiger partial charge in [-0.15, -0.1) is 11.8 Å². The second kappa shape index (κ2) is 9.37. The van der Waals surface area contributed by atoms with Gasteiger partial charge in [-0.1, -0.05) is 24.3 Å². The lowest BCUT2D eigenvalue weighted by Crippen LogP contribution is -2.31. The molecule has 4 amide bonds. The molecule has 1 saturated heterocycles. The Labute approximate surface area is 189 Å². The molecular weight excluding hydrogens is 424 g/mol. The van der Waals surface area contributed by atoms with Crippen molar-refractivity contribution in [2.75, 3.05) is 15.5 Å². The molecule has 0 bridgehead atoms. The quantitative estimate of drug-likeness (QED) is 0.561. The van der Waals surface area contributed by atoms with Crippen molar-refractivity contribution in [1.82, 2.24) is 0 Å². The molecule has 0 aliphatic carbocycles. The highest BCUT2D eigenvalue weighted by Gasteiger charge is 2.40. The second-order valence-electron chi connectivity index (χ2n) is 7.01. The van der Waals surface area contributed by atoms with Crippen LogP contribution in [0, 0.1) is 11.3 Å². The summed E-state index contributed by atoms with van der Waals surface area (Å²) in [6.07, 6.45) is 0.0790. The molecule has 3 aromatic rings. The van der Waals surface area contributed by atoms with Gasteiger partial charge in [-0.05, 0) is 54.6 Å². The number of rotatable bonds is 5. The van der Waals surface area contributed by atoms with Crippen molar-refractivity contribution < 1.29 is 14.4 Å². The second-order valence-corrected chi connectivity index (χ2v) is 8.29. The maximum Gasteiger partial charge on any atom is 0.323 e. The van der Waals surface area contributed by atoms with Crippen molar-refractivity contribution in [1.29, 1.82) is 5.26 Å². The zero-order chi connectivity index (χ0) is 22.5. The number of nitriles is 1. The van der Waals surface area contributed by atoms with Gasteiger partial charge in [-0.2, -0.15) is 5.26 Å². The summed E-state index contributed by atoms with van der Waals surface area (Å²) >= 11 is 1.28. The number of nitrogens with zero attached hydrogens (tertiary/aromatic N) is 2. The minimum atomic E-state index is -0.563. The largest absolute Gasteiger partial charge is 0.323 e. The third-order valence-electron chi connectivity index (χ3n) is 4.76. The molecule has 0 aromatic heterocycles. The number of urea groups is 1. The van der Waals surface area contributed by atoms with Crippen LogP contribution < -0.4 is 15.5 Å². The summed E-state index contributed by atoms with van der Waals surface area (Å²) in [5.41, 5.74) is 2.16. The van der Waals surface area contributed by atoms with Crippen LogP contribution in [0.25, 0.3) is 0 Å². The fourth-order valence-electron chi connectivity index (χ4n) is 3.28. The van der Waals surface area contributed by atoms with Crippen LogP contribution in [0.5, 0.6) is 0 Å². The number of para-hydroxylation sites is 1. The Morgan fingerprint density at radius 1 is 0.938 bits per heavy atom. The van der Waals surface area contributed by atoms with Crippen LogP contribution >= 0.6 is 11.8 Å². The van der Waals surface area contributed by atoms with Crippen LogP contribution in [0.4, 0.5) is 21.9 Å². The van der Waals surface area contributed by atoms with Gasteiger partial charge in [0.1, 0.15) is 0 Å². The van der Waals surface area contributed by atoms with Crippen LogP contribution in [0.1, 0.15) is 12.0 Å². The molecule has 4 rings (SSSR count). The zero-order valence-electron chi connectivity index (χ0n) is 16.8. The van der Waals surface area contributed by atoms with Gasteiger partial charge in [0.15, 0.2) is 0 Å². The monoisotopic (exact) mass is 442 g/mol. The summed E-state index contributed by atoms with van der Waals surface area (Å²) in [4.78, 5) is 39.5. The minimum Gasteiger partial charge on any atom is -0.308 e. The first kappa shape index (κ1) is 21.2. The number of carbonyl (C=O) groups excluding carboxylic acids is 3. The smallest absolute Gasteiger partial charge is 0.308 e. The van der Waals surface area contributed by atoms with E-state index in [2.05, 4.69) is 10.6 Å². The Balaban J connectivity index is 1.42. The van der Waals surface area contributed by atoms with Crippen LogP contribution in [0.15, 0.2) is 83.8 Å². The first-order valence-corrected chi connectivity index (χ1v) is 10.7. The molecule has 7 nitrogen and oxygen atoms in total. The highest BCUT2D eigenvalue weighted by atomic mass is 32.2. The van der Waals surface area contributed by atoms with Gasteiger partial charge in [0, 0.05) is 22.7 Å². The molecule has 0 unspecified atom stereocenters. The molecule has 1 atom stereocenters. The van der Waals surface area contributed by atoms with E-state index in [1.54, 1.807) is 54.6 Å². The van der Waals surface area contributed by atoms with Crippen molar-refractivity contribution in [3.8, 4) is 6.07 Å². The fourth-order valence-corrected chi connectivity index (χ4v) is 4.39. The van der Waals surface area contributed by atoms with Crippen LogP contribution in [-0.4, -0.2) is 23.1 Å². The van der Waals surface area contributed by atoms with Gasteiger partial charge < -0.3 is 10.6 Å². The number of hydrogen-bond donors (Lipinski definition) is 2. The third-order valence-corrected chi connectivity index (χ3v) is 5.94. The third kappa shape index (κ3) is 4.79. The number of hydrogen-bond acceptors (Lipinski definition) is 5. The number of amides is 4. The van der Waals surface area contributed by atoms with E-state index in [1.807, 2.05) is 30.3 Å². The van der Waals surface area contributed by atoms with E-state index in [1.165, 1.54) is 11.8 Å². The van der Waals surface area contributed by atoms with Crippen LogP contribution in [-0.2, 0) is 9.59 Å². The first-order chi connectivity index (χ1) is 15.5. The Hall–Kier alpha value is -4.09. The molecule has 32 heavy (non-hydrogen) atoms. The maximum atomic E-state index is 12.9. The van der Waals surface area contributed by atoms with Crippen molar-refractivity contribution in [2.45, 2.75) is 16.6 Å². The van der Waals surface area contributed by atoms with E-state index in [4.69, 9.17) is 5.26 Å². The highest BCUT2D eigenvalue weighted by Crippen LogP contribution is 2.34. The molecule has 1 fully saturated rings. The van der Waals surface area contributed by atoms with Gasteiger partial charge in [0.25, 0.3) is 0 Å². The number of carbonyl (C=O) groups is 3. The number of nitrogens with one attached hydrogen (secondary N) is 2. The van der Waals surface area contributed by atoms with E-state index in [-0.39, 0.29) is 24.3 Å². The van der Waals surface area contributed by atoms with Gasteiger partial charge in [0.2, 0.25) is 11.8 Å². The molecule has 3 aromatic carbocycles. The molecule has 1 heterocycles. The lowest BCUT2D eigenvalue weighted by atomic mass is 10.2. The van der Waals surface area contributed by atoms with E-state index >= 15 is 0 Å². The molecule has 0 radical (unpaired) electrons. The molecule has 1 aliphatic rings. The highest BCUT2D eigenvalue weighted by molar-refractivity contribution is 8.00. The lowest BCUT2D eigenvalue weighted by molar-refractivity contribution is -0.121. The van der Waals surface area contributed by atoms with Gasteiger partial charge in [-0.3, -0.25) is 9.59 Å². The van der Waals surface area contributed by atoms with Gasteiger partial charge >= 0.3 is 6.03 Å². The van der Waals surface area contributed by atoms with Gasteiger partial charge in [0.05, 0.1) is 22.6 Å². The molecule has 0 saturated carbocycles. The Kier molecular flexibility index (Phi) is 6.19. The van der Waals surface area contributed by atoms with Crippen LogP contribution in [0.3, 0.4) is 0 Å². The fraction of sp³-hybridized carbons (Fsp3) is 0.0833. The summed E-state index contributed by atoms with van der Waals surface area (Å²) in [7, 11) is 0. The topological polar surface area (TPSA) is 102 Å². The minimum absolute atomic E-state index is 0.0790. The summed E-state index contributed by atoms with van der Waals surface area (Å²) in [5.74, 6) is -0.585. The summed E-state index contributed by atoms with van der Waals surface area (Å²) in [6, 6.07) is 24.2. The van der Waals surface area contributed by atoms with E-state index in [9.17, 15) is 14.4 Å². The van der Waals surface area contributed by atoms with Gasteiger partial charge in [-0.25, -0.2) is 9.69 Å². The summed E-state index contributed by atoms with van der Waals surface area (Å²) in [5, 5.41) is 13.9. The number of benzene rings is 3. The van der Waals surface area contributed by atoms with E-state index in [0.717, 1.165) is 9.80 Å². The molecular formula is C24H18N4O3S. The summed E-state index contributed by atoms with van der Waals surface area (Å²) in [6.45, 7) is 0. The Bertz CT molecular complexity index is 1210. The lowest BCUT2D eigenvalue weighted by Gasteiger charge is -2.15. The SMILES string of the molecule is N#Cc1ccc(N2C(=O)C[C@@H](Sc3cccc(NC(=O)Nc4ccccc4)c3)C2=O)cc1. The number of imide groups is 1. The predicted octanol–water partition coefficient (Wildman–Crippen LogP) is 4.63. The maximum absolute atomic E-state index is 12.9. The molecule has 158 valence electrons. The van der Waals surface area contributed by atoms with E-state index < -0.39 is 5.25 Å². The van der Waals surface area contributed by atoms with Crippen molar-refractivity contribution >= 4 is 46.7 Å². The first-order valence-electron chi connectivity index (χ1n) is 9.80. The summed E-state index contributed by atoms with van der Waals surface area (Å²) < 4.78 is 0. The predicted molar refractivity (Wildman–Crippen MR) is 123 cm³/mol. The zero-order valence-corrected chi connectivity index (χ0v) is 17.6. The normalized spacial score (nSPS) is 15.3. The molecule has 0 spiro atoms. The number of anilines is 3. The Morgan fingerprint density at radius 2 is 1.62 bits per heavy atom. The van der Waals surface area contributed by atoms with Crippen molar-refractivity contribution in [2.24, 2.45) is 0 Å². The van der Waals surface area contributed by atoms with E-state index in [0.29, 0.717) is 22.6 Å². The van der Waals surface area contributed by atoms with Crippen molar-refractivity contribution in [3.63, 3.8) is 0 Å². The molecule has 8 heteroatoms. The van der Waals surface area contributed by atoms with Crippen LogP contribution in [0.2, 0.25) is 0 Å².